The van der Waals surface area contributed by atoms with Crippen LogP contribution in [0.25, 0.3) is 0 Å². The Morgan fingerprint density at radius 1 is 1.38 bits per heavy atom. The van der Waals surface area contributed by atoms with Crippen molar-refractivity contribution >= 4 is 10.0 Å². The molecule has 0 atom stereocenters. The van der Waals surface area contributed by atoms with Gasteiger partial charge in [-0.2, -0.15) is 0 Å². The minimum Gasteiger partial charge on any atom is -0.399 e. The molecule has 0 unspecified atom stereocenters. The summed E-state index contributed by atoms with van der Waals surface area (Å²) in [5.41, 5.74) is 6.09. The van der Waals surface area contributed by atoms with Gasteiger partial charge in [0, 0.05) is 5.70 Å². The summed E-state index contributed by atoms with van der Waals surface area (Å²) in [5, 5.41) is 0. The van der Waals surface area contributed by atoms with Crippen molar-refractivity contribution in [3.8, 4) is 0 Å². The van der Waals surface area contributed by atoms with Gasteiger partial charge in [0.1, 0.15) is 0 Å². The number of sulfonamides is 1. The second kappa shape index (κ2) is 3.76. The average molecular weight is 200 g/mol. The zero-order valence-corrected chi connectivity index (χ0v) is 8.14. The predicted molar refractivity (Wildman–Crippen MR) is 52.1 cm³/mol. The Labute approximate surface area is 77.9 Å². The fourth-order valence-corrected chi connectivity index (χ4v) is 1.74. The van der Waals surface area contributed by atoms with Gasteiger partial charge in [0.25, 0.3) is 0 Å². The third-order valence-electron chi connectivity index (χ3n) is 1.69. The highest BCUT2D eigenvalue weighted by molar-refractivity contribution is 7.93. The Hall–Kier alpha value is -1.07. The van der Waals surface area contributed by atoms with E-state index in [1.54, 1.807) is 18.2 Å². The van der Waals surface area contributed by atoms with E-state index in [4.69, 9.17) is 5.73 Å². The third-order valence-corrected chi connectivity index (χ3v) is 3.15. The molecule has 1 aliphatic carbocycles. The first-order valence-electron chi connectivity index (χ1n) is 3.83. The Morgan fingerprint density at radius 3 is 2.69 bits per heavy atom. The van der Waals surface area contributed by atoms with Crippen molar-refractivity contribution in [3.63, 3.8) is 0 Å². The van der Waals surface area contributed by atoms with Crippen molar-refractivity contribution in [2.75, 3.05) is 7.05 Å². The molecule has 0 spiro atoms. The van der Waals surface area contributed by atoms with Gasteiger partial charge >= 0.3 is 0 Å². The summed E-state index contributed by atoms with van der Waals surface area (Å²) in [6, 6.07) is 0. The summed E-state index contributed by atoms with van der Waals surface area (Å²) in [5.74, 6) is 0. The molecule has 0 aromatic carbocycles. The fraction of sp³-hybridized carbons (Fsp3) is 0.250. The van der Waals surface area contributed by atoms with E-state index in [1.165, 1.54) is 13.1 Å². The van der Waals surface area contributed by atoms with E-state index in [0.717, 1.165) is 0 Å². The molecule has 3 N–H and O–H groups in total. The van der Waals surface area contributed by atoms with Gasteiger partial charge in [0.05, 0.1) is 4.91 Å². The number of hydrogen-bond donors (Lipinski definition) is 2. The van der Waals surface area contributed by atoms with E-state index in [-0.39, 0.29) is 4.91 Å². The maximum Gasteiger partial charge on any atom is 0.240 e. The molecule has 1 rings (SSSR count). The quantitative estimate of drug-likeness (QED) is 0.670. The van der Waals surface area contributed by atoms with Crippen LogP contribution in [-0.2, 0) is 10.0 Å². The highest BCUT2D eigenvalue weighted by atomic mass is 32.2. The molecule has 0 radical (unpaired) electrons. The third kappa shape index (κ3) is 2.43. The van der Waals surface area contributed by atoms with E-state index in [0.29, 0.717) is 12.1 Å². The summed E-state index contributed by atoms with van der Waals surface area (Å²) in [6.45, 7) is 0. The van der Waals surface area contributed by atoms with E-state index in [9.17, 15) is 8.42 Å². The molecule has 0 aromatic heterocycles. The largest absolute Gasteiger partial charge is 0.399 e. The normalized spacial score (nSPS) is 17.6. The van der Waals surface area contributed by atoms with Crippen LogP contribution < -0.4 is 10.5 Å². The smallest absolute Gasteiger partial charge is 0.240 e. The summed E-state index contributed by atoms with van der Waals surface area (Å²) in [4.78, 5) is 0.256. The van der Waals surface area contributed by atoms with Crippen molar-refractivity contribution < 1.29 is 8.42 Å². The first-order chi connectivity index (χ1) is 6.06. The van der Waals surface area contributed by atoms with Crippen LogP contribution in [0, 0.1) is 0 Å². The zero-order chi connectivity index (χ0) is 9.90. The van der Waals surface area contributed by atoms with E-state index >= 15 is 0 Å². The van der Waals surface area contributed by atoms with E-state index in [1.807, 2.05) is 0 Å². The highest BCUT2D eigenvalue weighted by Gasteiger charge is 2.12. The lowest BCUT2D eigenvalue weighted by Gasteiger charge is -2.00. The Kier molecular flexibility index (Phi) is 2.90. The molecule has 0 fully saturated rings. The highest BCUT2D eigenvalue weighted by Crippen LogP contribution is 2.12. The molecule has 0 aromatic rings. The Bertz CT molecular complexity index is 377. The van der Waals surface area contributed by atoms with Crippen molar-refractivity contribution in [3.05, 3.63) is 34.9 Å². The maximum absolute atomic E-state index is 11.3. The molecule has 0 saturated heterocycles. The minimum atomic E-state index is -3.33. The van der Waals surface area contributed by atoms with Gasteiger partial charge in [-0.3, -0.25) is 0 Å². The van der Waals surface area contributed by atoms with Crippen LogP contribution in [0.1, 0.15) is 6.42 Å². The summed E-state index contributed by atoms with van der Waals surface area (Å²) < 4.78 is 24.9. The molecule has 0 amide bonds. The number of allylic oxidation sites excluding steroid dienone is 4. The second-order valence-corrected chi connectivity index (χ2v) is 4.47. The zero-order valence-electron chi connectivity index (χ0n) is 7.32. The first kappa shape index (κ1) is 10.0. The predicted octanol–water partition coefficient (Wildman–Crippen LogP) is 0.222. The van der Waals surface area contributed by atoms with Gasteiger partial charge in [-0.15, -0.1) is 0 Å². The molecule has 5 heteroatoms. The molecule has 72 valence electrons. The number of hydrogen-bond acceptors (Lipinski definition) is 3. The number of nitrogens with two attached hydrogens (primary N) is 1. The molecule has 0 aliphatic heterocycles. The van der Waals surface area contributed by atoms with Gasteiger partial charge in [0.2, 0.25) is 10.0 Å². The van der Waals surface area contributed by atoms with Crippen LogP contribution in [0.15, 0.2) is 34.9 Å². The number of nitrogens with one attached hydrogen (secondary N) is 1. The molecule has 1 aliphatic rings. The maximum atomic E-state index is 11.3. The minimum absolute atomic E-state index is 0.256. The Morgan fingerprint density at radius 2 is 2.08 bits per heavy atom. The van der Waals surface area contributed by atoms with Crippen molar-refractivity contribution in [2.24, 2.45) is 5.73 Å². The molecule has 13 heavy (non-hydrogen) atoms. The number of rotatable bonds is 2. The van der Waals surface area contributed by atoms with Gasteiger partial charge in [-0.1, -0.05) is 12.2 Å². The van der Waals surface area contributed by atoms with Crippen LogP contribution in [0.2, 0.25) is 0 Å². The summed E-state index contributed by atoms with van der Waals surface area (Å²) in [7, 11) is -1.95. The van der Waals surface area contributed by atoms with Crippen molar-refractivity contribution in [1.82, 2.24) is 4.72 Å². The Balaban J connectivity index is 2.99. The molecule has 0 bridgehead atoms. The van der Waals surface area contributed by atoms with Crippen molar-refractivity contribution in [2.45, 2.75) is 6.42 Å². The standard InChI is InChI=1S/C8H12N2O2S/c1-10-13(11,12)8-4-2-3-7(9)5-6-8/h3-6,10H,2,9H2,1H3. The molecule has 0 saturated carbocycles. The lowest BCUT2D eigenvalue weighted by atomic mass is 10.3. The monoisotopic (exact) mass is 200 g/mol. The van der Waals surface area contributed by atoms with E-state index < -0.39 is 10.0 Å². The molecule has 0 heterocycles. The SMILES string of the molecule is CNS(=O)(=O)C1=CCC=C(N)C=C1. The molecule has 4 nitrogen and oxygen atoms in total. The van der Waals surface area contributed by atoms with Gasteiger partial charge < -0.3 is 5.73 Å². The van der Waals surface area contributed by atoms with Gasteiger partial charge in [0.15, 0.2) is 0 Å². The molecular formula is C8H12N2O2S. The van der Waals surface area contributed by atoms with E-state index in [2.05, 4.69) is 4.72 Å². The summed E-state index contributed by atoms with van der Waals surface area (Å²) in [6.07, 6.45) is 6.98. The second-order valence-electron chi connectivity index (χ2n) is 2.59. The van der Waals surface area contributed by atoms with Crippen LogP contribution in [-0.4, -0.2) is 15.5 Å². The van der Waals surface area contributed by atoms with Crippen molar-refractivity contribution in [1.29, 1.82) is 0 Å². The fourth-order valence-electron chi connectivity index (χ4n) is 0.943. The van der Waals surface area contributed by atoms with Gasteiger partial charge in [-0.05, 0) is 25.6 Å². The van der Waals surface area contributed by atoms with Crippen LogP contribution in [0.4, 0.5) is 0 Å². The molecular weight excluding hydrogens is 188 g/mol. The topological polar surface area (TPSA) is 72.2 Å². The first-order valence-corrected chi connectivity index (χ1v) is 5.32. The van der Waals surface area contributed by atoms with Crippen LogP contribution >= 0.6 is 0 Å². The average Bonchev–Trinajstić information content (AvgIpc) is 2.30. The lowest BCUT2D eigenvalue weighted by Crippen LogP contribution is -2.19. The van der Waals surface area contributed by atoms with Crippen LogP contribution in [0.3, 0.4) is 0 Å². The lowest BCUT2D eigenvalue weighted by molar-refractivity contribution is 0.595. The van der Waals surface area contributed by atoms with Crippen LogP contribution in [0.5, 0.6) is 0 Å². The summed E-state index contributed by atoms with van der Waals surface area (Å²) >= 11 is 0. The van der Waals surface area contributed by atoms with Gasteiger partial charge in [-0.25, -0.2) is 13.1 Å².